The highest BCUT2D eigenvalue weighted by molar-refractivity contribution is 5.67. The first-order valence-corrected chi connectivity index (χ1v) is 3.86. The summed E-state index contributed by atoms with van der Waals surface area (Å²) in [6.45, 7) is 5.45. The van der Waals surface area contributed by atoms with Crippen LogP contribution < -0.4 is 0 Å². The molecule has 0 radical (unpaired) electrons. The molecule has 0 aliphatic rings. The molecule has 0 unspecified atom stereocenters. The number of hydrogen-bond donors (Lipinski definition) is 1. The van der Waals surface area contributed by atoms with Crippen LogP contribution in [0.1, 0.15) is 19.8 Å². The van der Waals surface area contributed by atoms with Crippen LogP contribution in [0.5, 0.6) is 0 Å². The topological polar surface area (TPSA) is 37.3 Å². The largest absolute Gasteiger partial charge is 0.481 e. The van der Waals surface area contributed by atoms with Crippen molar-refractivity contribution in [3.05, 3.63) is 36.5 Å². The molecule has 0 aromatic heterocycles. The second kappa shape index (κ2) is 6.40. The molecule has 0 aliphatic carbocycles. The molecule has 0 saturated heterocycles. The van der Waals surface area contributed by atoms with Crippen LogP contribution in [0.4, 0.5) is 0 Å². The van der Waals surface area contributed by atoms with Crippen LogP contribution in [-0.4, -0.2) is 11.1 Å². The van der Waals surface area contributed by atoms with Gasteiger partial charge >= 0.3 is 5.97 Å². The van der Waals surface area contributed by atoms with E-state index in [9.17, 15) is 4.79 Å². The molecular weight excluding hydrogens is 152 g/mol. The van der Waals surface area contributed by atoms with Crippen molar-refractivity contribution in [2.24, 2.45) is 0 Å². The monoisotopic (exact) mass is 166 g/mol. The molecule has 0 aliphatic heterocycles. The van der Waals surface area contributed by atoms with Gasteiger partial charge < -0.3 is 5.11 Å². The lowest BCUT2D eigenvalue weighted by molar-refractivity contribution is -0.136. The number of carbonyl (C=O) groups is 1. The molecule has 0 aromatic carbocycles. The van der Waals surface area contributed by atoms with Gasteiger partial charge in [-0.1, -0.05) is 30.9 Å². The highest BCUT2D eigenvalue weighted by Crippen LogP contribution is 2.06. The minimum Gasteiger partial charge on any atom is -0.481 e. The Hall–Kier alpha value is -1.31. The fraction of sp³-hybridized carbons (Fsp3) is 0.300. The Morgan fingerprint density at radius 3 is 2.58 bits per heavy atom. The SMILES string of the molecule is C=C/C=C(\C=C/C)CCC(=O)O. The normalized spacial score (nSPS) is 11.9. The minimum atomic E-state index is -0.769. The van der Waals surface area contributed by atoms with Crippen molar-refractivity contribution in [2.45, 2.75) is 19.8 Å². The van der Waals surface area contributed by atoms with Crippen molar-refractivity contribution in [3.8, 4) is 0 Å². The Bertz CT molecular complexity index is 212. The van der Waals surface area contributed by atoms with E-state index in [1.54, 1.807) is 6.08 Å². The Morgan fingerprint density at radius 1 is 1.50 bits per heavy atom. The van der Waals surface area contributed by atoms with E-state index >= 15 is 0 Å². The Balaban J connectivity index is 4.05. The molecule has 2 heteroatoms. The van der Waals surface area contributed by atoms with Crippen molar-refractivity contribution in [1.82, 2.24) is 0 Å². The van der Waals surface area contributed by atoms with Gasteiger partial charge in [0.25, 0.3) is 0 Å². The number of hydrogen-bond acceptors (Lipinski definition) is 1. The van der Waals surface area contributed by atoms with Crippen molar-refractivity contribution in [1.29, 1.82) is 0 Å². The molecule has 0 aromatic rings. The zero-order chi connectivity index (χ0) is 9.40. The molecule has 2 nitrogen and oxygen atoms in total. The summed E-state index contributed by atoms with van der Waals surface area (Å²) in [6.07, 6.45) is 8.00. The Kier molecular flexibility index (Phi) is 5.70. The lowest BCUT2D eigenvalue weighted by Gasteiger charge is -1.96. The predicted molar refractivity (Wildman–Crippen MR) is 50.0 cm³/mol. The lowest BCUT2D eigenvalue weighted by Crippen LogP contribution is -1.94. The maximum absolute atomic E-state index is 10.2. The molecule has 0 saturated carbocycles. The van der Waals surface area contributed by atoms with Gasteiger partial charge in [-0.05, 0) is 18.9 Å². The number of allylic oxidation sites excluding steroid dienone is 5. The number of aliphatic carboxylic acids is 1. The van der Waals surface area contributed by atoms with E-state index in [1.807, 2.05) is 25.2 Å². The summed E-state index contributed by atoms with van der Waals surface area (Å²) in [6, 6.07) is 0. The molecule has 0 amide bonds. The standard InChI is InChI=1S/C10H14O2/c1-3-5-9(6-4-2)7-8-10(11)12/h3-6H,1,7-8H2,2H3,(H,11,12)/b6-4-,9-5+. The van der Waals surface area contributed by atoms with Gasteiger partial charge in [-0.25, -0.2) is 0 Å². The van der Waals surface area contributed by atoms with Gasteiger partial charge in [-0.15, -0.1) is 0 Å². The molecule has 0 spiro atoms. The average Bonchev–Trinajstić information content (AvgIpc) is 2.01. The fourth-order valence-electron chi connectivity index (χ4n) is 0.839. The second-order valence-electron chi connectivity index (χ2n) is 2.37. The quantitative estimate of drug-likeness (QED) is 0.637. The first-order chi connectivity index (χ1) is 5.70. The molecule has 0 atom stereocenters. The lowest BCUT2D eigenvalue weighted by atomic mass is 10.1. The highest BCUT2D eigenvalue weighted by atomic mass is 16.4. The van der Waals surface area contributed by atoms with E-state index in [1.165, 1.54) is 0 Å². The van der Waals surface area contributed by atoms with Crippen LogP contribution in [0.2, 0.25) is 0 Å². The molecule has 0 fully saturated rings. The van der Waals surface area contributed by atoms with Crippen molar-refractivity contribution in [3.63, 3.8) is 0 Å². The molecule has 0 rings (SSSR count). The zero-order valence-corrected chi connectivity index (χ0v) is 7.29. The van der Waals surface area contributed by atoms with Crippen LogP contribution in [-0.2, 0) is 4.79 Å². The maximum atomic E-state index is 10.2. The van der Waals surface area contributed by atoms with Crippen LogP contribution in [0.3, 0.4) is 0 Å². The predicted octanol–water partition coefficient (Wildman–Crippen LogP) is 2.54. The molecule has 0 bridgehead atoms. The highest BCUT2D eigenvalue weighted by Gasteiger charge is 1.97. The molecule has 12 heavy (non-hydrogen) atoms. The van der Waals surface area contributed by atoms with Gasteiger partial charge in [-0.3, -0.25) is 4.79 Å². The van der Waals surface area contributed by atoms with E-state index in [0.717, 1.165) is 5.57 Å². The molecular formula is C10H14O2. The van der Waals surface area contributed by atoms with Gasteiger partial charge in [0.05, 0.1) is 0 Å². The van der Waals surface area contributed by atoms with E-state index < -0.39 is 5.97 Å². The van der Waals surface area contributed by atoms with E-state index in [4.69, 9.17) is 5.11 Å². The zero-order valence-electron chi connectivity index (χ0n) is 7.29. The van der Waals surface area contributed by atoms with Gasteiger partial charge in [0.2, 0.25) is 0 Å². The van der Waals surface area contributed by atoms with Gasteiger partial charge in [0.15, 0.2) is 0 Å². The van der Waals surface area contributed by atoms with Crippen LogP contribution in [0.25, 0.3) is 0 Å². The van der Waals surface area contributed by atoms with Gasteiger partial charge in [-0.2, -0.15) is 0 Å². The molecule has 1 N–H and O–H groups in total. The Labute approximate surface area is 72.9 Å². The number of rotatable bonds is 5. The maximum Gasteiger partial charge on any atom is 0.303 e. The summed E-state index contributed by atoms with van der Waals surface area (Å²) in [5.74, 6) is -0.769. The first kappa shape index (κ1) is 10.7. The minimum absolute atomic E-state index is 0.171. The molecule has 0 heterocycles. The number of carboxylic acid groups (broad SMARTS) is 1. The fourth-order valence-corrected chi connectivity index (χ4v) is 0.839. The molecule has 66 valence electrons. The van der Waals surface area contributed by atoms with E-state index in [2.05, 4.69) is 6.58 Å². The van der Waals surface area contributed by atoms with E-state index in [-0.39, 0.29) is 6.42 Å². The van der Waals surface area contributed by atoms with Gasteiger partial charge in [0, 0.05) is 6.42 Å². The summed E-state index contributed by atoms with van der Waals surface area (Å²) in [4.78, 5) is 10.2. The van der Waals surface area contributed by atoms with Crippen LogP contribution in [0.15, 0.2) is 36.5 Å². The van der Waals surface area contributed by atoms with E-state index in [0.29, 0.717) is 6.42 Å². The van der Waals surface area contributed by atoms with Gasteiger partial charge in [0.1, 0.15) is 0 Å². The summed E-state index contributed by atoms with van der Waals surface area (Å²) in [5, 5.41) is 8.42. The third kappa shape index (κ3) is 5.47. The summed E-state index contributed by atoms with van der Waals surface area (Å²) >= 11 is 0. The van der Waals surface area contributed by atoms with Crippen LogP contribution in [0, 0.1) is 0 Å². The van der Waals surface area contributed by atoms with Crippen molar-refractivity contribution >= 4 is 5.97 Å². The first-order valence-electron chi connectivity index (χ1n) is 3.86. The van der Waals surface area contributed by atoms with Crippen molar-refractivity contribution < 1.29 is 9.90 Å². The summed E-state index contributed by atoms with van der Waals surface area (Å²) < 4.78 is 0. The Morgan fingerprint density at radius 2 is 2.17 bits per heavy atom. The third-order valence-electron chi connectivity index (χ3n) is 1.34. The third-order valence-corrected chi connectivity index (χ3v) is 1.34. The smallest absolute Gasteiger partial charge is 0.303 e. The van der Waals surface area contributed by atoms with Crippen molar-refractivity contribution in [2.75, 3.05) is 0 Å². The summed E-state index contributed by atoms with van der Waals surface area (Å²) in [5.41, 5.74) is 0.995. The number of carboxylic acids is 1. The second-order valence-corrected chi connectivity index (χ2v) is 2.37. The average molecular weight is 166 g/mol. The summed E-state index contributed by atoms with van der Waals surface area (Å²) in [7, 11) is 0. The van der Waals surface area contributed by atoms with Crippen LogP contribution >= 0.6 is 0 Å².